The fourth-order valence-electron chi connectivity index (χ4n) is 1.65. The zero-order chi connectivity index (χ0) is 13.7. The first-order chi connectivity index (χ1) is 8.45. The van der Waals surface area contributed by atoms with Crippen molar-refractivity contribution in [1.29, 1.82) is 0 Å². The molecule has 3 N–H and O–H groups in total. The van der Waals surface area contributed by atoms with Gasteiger partial charge in [0.15, 0.2) is 0 Å². The Morgan fingerprint density at radius 3 is 2.78 bits per heavy atom. The van der Waals surface area contributed by atoms with Gasteiger partial charge >= 0.3 is 0 Å². The summed E-state index contributed by atoms with van der Waals surface area (Å²) in [5.41, 5.74) is 7.43. The summed E-state index contributed by atoms with van der Waals surface area (Å²) in [4.78, 5) is 12.4. The Labute approximate surface area is 121 Å². The summed E-state index contributed by atoms with van der Waals surface area (Å²) in [6.45, 7) is 3.97. The van der Waals surface area contributed by atoms with E-state index in [2.05, 4.69) is 21.2 Å². The second kappa shape index (κ2) is 6.85. The van der Waals surface area contributed by atoms with Crippen molar-refractivity contribution in [2.45, 2.75) is 26.7 Å². The van der Waals surface area contributed by atoms with E-state index in [0.29, 0.717) is 6.42 Å². The van der Waals surface area contributed by atoms with Gasteiger partial charge in [-0.15, -0.1) is 0 Å². The minimum absolute atomic E-state index is 0.143. The number of aryl methyl sites for hydroxylation is 1. The molecule has 1 unspecified atom stereocenters. The number of nitrogens with one attached hydrogen (secondary N) is 1. The van der Waals surface area contributed by atoms with Crippen LogP contribution in [0, 0.1) is 12.8 Å². The van der Waals surface area contributed by atoms with Crippen molar-refractivity contribution in [1.82, 2.24) is 0 Å². The number of benzene rings is 1. The molecule has 5 heteroatoms. The summed E-state index contributed by atoms with van der Waals surface area (Å²) < 4.78 is 0.847. The Balaban J connectivity index is 2.85. The Bertz CT molecular complexity index is 462. The summed E-state index contributed by atoms with van der Waals surface area (Å²) in [6, 6.07) is 5.78. The quantitative estimate of drug-likeness (QED) is 0.814. The summed E-state index contributed by atoms with van der Waals surface area (Å²) >= 11 is 8.34. The van der Waals surface area contributed by atoms with Gasteiger partial charge in [-0.2, -0.15) is 0 Å². The molecule has 0 aliphatic carbocycles. The Morgan fingerprint density at radius 2 is 2.22 bits per heavy atom. The summed E-state index contributed by atoms with van der Waals surface area (Å²) in [6.07, 6.45) is 1.54. The molecular weight excluding hydrogens is 312 g/mol. The lowest BCUT2D eigenvalue weighted by Crippen LogP contribution is -2.33. The van der Waals surface area contributed by atoms with Crippen LogP contribution in [0.4, 0.5) is 5.69 Å². The number of thiocarbonyl (C=S) groups is 1. The molecule has 0 radical (unpaired) electrons. The van der Waals surface area contributed by atoms with Crippen molar-refractivity contribution < 1.29 is 4.79 Å². The number of carbonyl (C=O) groups is 1. The number of rotatable bonds is 5. The highest BCUT2D eigenvalue weighted by Crippen LogP contribution is 2.24. The molecule has 1 aromatic rings. The van der Waals surface area contributed by atoms with Gasteiger partial charge in [0.1, 0.15) is 0 Å². The molecule has 0 saturated heterocycles. The molecule has 1 amide bonds. The van der Waals surface area contributed by atoms with Gasteiger partial charge in [-0.1, -0.05) is 31.6 Å². The van der Waals surface area contributed by atoms with E-state index >= 15 is 0 Å². The van der Waals surface area contributed by atoms with Crippen molar-refractivity contribution in [3.63, 3.8) is 0 Å². The lowest BCUT2D eigenvalue weighted by Gasteiger charge is -2.15. The van der Waals surface area contributed by atoms with E-state index in [4.69, 9.17) is 18.0 Å². The number of hydrogen-bond donors (Lipinski definition) is 2. The molecule has 1 rings (SSSR count). The van der Waals surface area contributed by atoms with Crippen LogP contribution in [-0.4, -0.2) is 10.9 Å². The predicted molar refractivity (Wildman–Crippen MR) is 82.7 cm³/mol. The van der Waals surface area contributed by atoms with E-state index in [1.54, 1.807) is 0 Å². The molecule has 0 saturated carbocycles. The Morgan fingerprint density at radius 1 is 1.56 bits per heavy atom. The van der Waals surface area contributed by atoms with Crippen LogP contribution in [0.1, 0.15) is 25.3 Å². The first kappa shape index (κ1) is 15.1. The zero-order valence-corrected chi connectivity index (χ0v) is 12.9. The van der Waals surface area contributed by atoms with Gasteiger partial charge in [0.25, 0.3) is 0 Å². The fourth-order valence-corrected chi connectivity index (χ4v) is 2.22. The average molecular weight is 329 g/mol. The molecular formula is C13H17BrN2OS. The van der Waals surface area contributed by atoms with Gasteiger partial charge in [-0.25, -0.2) is 0 Å². The van der Waals surface area contributed by atoms with E-state index in [1.807, 2.05) is 32.0 Å². The van der Waals surface area contributed by atoms with E-state index in [0.717, 1.165) is 22.1 Å². The Kier molecular flexibility index (Phi) is 5.75. The van der Waals surface area contributed by atoms with Crippen molar-refractivity contribution >= 4 is 44.7 Å². The number of carbonyl (C=O) groups excluding carboxylic acids is 1. The highest BCUT2D eigenvalue weighted by atomic mass is 79.9. The summed E-state index contributed by atoms with van der Waals surface area (Å²) in [7, 11) is 0. The van der Waals surface area contributed by atoms with E-state index in [1.165, 1.54) is 0 Å². The molecule has 0 heterocycles. The molecule has 0 aliphatic rings. The van der Waals surface area contributed by atoms with E-state index in [-0.39, 0.29) is 10.9 Å². The van der Waals surface area contributed by atoms with Crippen LogP contribution in [0.2, 0.25) is 0 Å². The Hall–Kier alpha value is -0.940. The second-order valence-corrected chi connectivity index (χ2v) is 5.54. The van der Waals surface area contributed by atoms with Gasteiger partial charge < -0.3 is 11.1 Å². The maximum atomic E-state index is 12.1. The maximum Gasteiger partial charge on any atom is 0.234 e. The molecule has 18 heavy (non-hydrogen) atoms. The van der Waals surface area contributed by atoms with Crippen LogP contribution in [0.5, 0.6) is 0 Å². The molecule has 0 bridgehead atoms. The second-order valence-electron chi connectivity index (χ2n) is 4.22. The largest absolute Gasteiger partial charge is 0.393 e. The lowest BCUT2D eigenvalue weighted by atomic mass is 10.0. The first-order valence-electron chi connectivity index (χ1n) is 5.82. The van der Waals surface area contributed by atoms with Crippen molar-refractivity contribution in [2.75, 3.05) is 5.32 Å². The van der Waals surface area contributed by atoms with Crippen LogP contribution in [-0.2, 0) is 4.79 Å². The zero-order valence-electron chi connectivity index (χ0n) is 10.5. The smallest absolute Gasteiger partial charge is 0.234 e. The number of anilines is 1. The van der Waals surface area contributed by atoms with E-state index in [9.17, 15) is 4.79 Å². The summed E-state index contributed by atoms with van der Waals surface area (Å²) in [5, 5.41) is 2.86. The predicted octanol–water partition coefficient (Wildman–Crippen LogP) is 3.40. The monoisotopic (exact) mass is 328 g/mol. The minimum Gasteiger partial charge on any atom is -0.393 e. The van der Waals surface area contributed by atoms with Gasteiger partial charge in [0.2, 0.25) is 5.91 Å². The highest BCUT2D eigenvalue weighted by molar-refractivity contribution is 9.10. The third-order valence-corrected chi connectivity index (χ3v) is 3.59. The summed E-state index contributed by atoms with van der Waals surface area (Å²) in [5.74, 6) is -0.548. The van der Waals surface area contributed by atoms with Crippen LogP contribution in [0.25, 0.3) is 0 Å². The van der Waals surface area contributed by atoms with Gasteiger partial charge in [-0.3, -0.25) is 4.79 Å². The fraction of sp³-hybridized carbons (Fsp3) is 0.385. The molecule has 0 spiro atoms. The molecule has 1 aromatic carbocycles. The molecule has 1 atom stereocenters. The SMILES string of the molecule is CCCC(C(=O)Nc1cc(C)ccc1Br)C(N)=S. The third-order valence-electron chi connectivity index (χ3n) is 2.62. The van der Waals surface area contributed by atoms with Gasteiger partial charge in [0.05, 0.1) is 16.6 Å². The average Bonchev–Trinajstić information content (AvgIpc) is 2.30. The molecule has 0 fully saturated rings. The standard InChI is InChI=1S/C13H17BrN2OS/c1-3-4-9(12(15)18)13(17)16-11-7-8(2)5-6-10(11)14/h5-7,9H,3-4H2,1-2H3,(H2,15,18)(H,16,17). The van der Waals surface area contributed by atoms with Crippen LogP contribution >= 0.6 is 28.1 Å². The van der Waals surface area contributed by atoms with E-state index < -0.39 is 5.92 Å². The van der Waals surface area contributed by atoms with Crippen LogP contribution < -0.4 is 11.1 Å². The molecule has 0 aromatic heterocycles. The molecule has 98 valence electrons. The minimum atomic E-state index is -0.405. The highest BCUT2D eigenvalue weighted by Gasteiger charge is 2.21. The number of amides is 1. The first-order valence-corrected chi connectivity index (χ1v) is 7.02. The lowest BCUT2D eigenvalue weighted by molar-refractivity contribution is -0.118. The molecule has 3 nitrogen and oxygen atoms in total. The van der Waals surface area contributed by atoms with Crippen LogP contribution in [0.3, 0.4) is 0 Å². The van der Waals surface area contributed by atoms with Gasteiger partial charge in [0, 0.05) is 4.47 Å². The third kappa shape index (κ3) is 4.07. The van der Waals surface area contributed by atoms with Crippen molar-refractivity contribution in [3.05, 3.63) is 28.2 Å². The topological polar surface area (TPSA) is 55.1 Å². The maximum absolute atomic E-state index is 12.1. The normalized spacial score (nSPS) is 11.9. The number of nitrogens with two attached hydrogens (primary N) is 1. The number of hydrogen-bond acceptors (Lipinski definition) is 2. The van der Waals surface area contributed by atoms with Crippen molar-refractivity contribution in [3.8, 4) is 0 Å². The van der Waals surface area contributed by atoms with Crippen LogP contribution in [0.15, 0.2) is 22.7 Å². The number of halogens is 1. The van der Waals surface area contributed by atoms with Gasteiger partial charge in [-0.05, 0) is 47.0 Å². The van der Waals surface area contributed by atoms with Crippen molar-refractivity contribution in [2.24, 2.45) is 11.7 Å². The molecule has 0 aliphatic heterocycles.